The number of pyridine rings is 1. The van der Waals surface area contributed by atoms with Crippen LogP contribution in [0.5, 0.6) is 0 Å². The van der Waals surface area contributed by atoms with E-state index in [1.807, 2.05) is 11.5 Å². The molecule has 1 aliphatic rings. The Bertz CT molecular complexity index is 758. The second kappa shape index (κ2) is 5.79. The van der Waals surface area contributed by atoms with Gasteiger partial charge >= 0.3 is 0 Å². The summed E-state index contributed by atoms with van der Waals surface area (Å²) in [4.78, 5) is 8.48. The minimum Gasteiger partial charge on any atom is -0.378 e. The van der Waals surface area contributed by atoms with E-state index in [0.717, 1.165) is 11.5 Å². The molecule has 7 nitrogen and oxygen atoms in total. The number of imidazole rings is 1. The zero-order valence-electron chi connectivity index (χ0n) is 12.5. The Hall–Kier alpha value is -1.77. The molecular weight excluding hydrogens is 304 g/mol. The van der Waals surface area contributed by atoms with Crippen molar-refractivity contribution in [3.8, 4) is 0 Å². The molecule has 0 saturated heterocycles. The van der Waals surface area contributed by atoms with Gasteiger partial charge in [-0.25, -0.2) is 13.4 Å². The van der Waals surface area contributed by atoms with Crippen LogP contribution in [0.1, 0.15) is 24.5 Å². The summed E-state index contributed by atoms with van der Waals surface area (Å²) >= 11 is 0. The molecule has 8 heteroatoms. The number of hydrogen-bond acceptors (Lipinski definition) is 5. The molecule has 3 rings (SSSR count). The lowest BCUT2D eigenvalue weighted by atomic mass is 10.2. The topological polar surface area (TPSA) is 77.3 Å². The molecule has 0 aromatic carbocycles. The fraction of sp³-hybridized carbons (Fsp3) is 0.429. The smallest absolute Gasteiger partial charge is 0.245 e. The highest BCUT2D eigenvalue weighted by Crippen LogP contribution is 2.30. The van der Waals surface area contributed by atoms with Crippen LogP contribution in [0.25, 0.3) is 0 Å². The van der Waals surface area contributed by atoms with Crippen molar-refractivity contribution in [1.29, 1.82) is 0 Å². The Morgan fingerprint density at radius 2 is 2.18 bits per heavy atom. The standard InChI is InChI=1S/C14H18N4O3S/c1-11-14-16-8-12(10-21-2)17(14)6-7-18(11)22(19,20)13-4-3-5-15-9-13/h3-5,8-9,11H,6-7,10H2,1-2H3. The van der Waals surface area contributed by atoms with Gasteiger partial charge in [-0.15, -0.1) is 0 Å². The van der Waals surface area contributed by atoms with Crippen molar-refractivity contribution < 1.29 is 13.2 Å². The van der Waals surface area contributed by atoms with E-state index >= 15 is 0 Å². The normalized spacial score (nSPS) is 19.1. The molecule has 1 atom stereocenters. The third-order valence-corrected chi connectivity index (χ3v) is 5.81. The number of sulfonamides is 1. The monoisotopic (exact) mass is 322 g/mol. The van der Waals surface area contributed by atoms with Crippen LogP contribution in [-0.4, -0.2) is 40.9 Å². The zero-order chi connectivity index (χ0) is 15.7. The highest BCUT2D eigenvalue weighted by Gasteiger charge is 2.35. The van der Waals surface area contributed by atoms with Gasteiger partial charge in [0, 0.05) is 32.6 Å². The molecule has 0 amide bonds. The van der Waals surface area contributed by atoms with Gasteiger partial charge in [-0.3, -0.25) is 4.98 Å². The predicted octanol–water partition coefficient (Wildman–Crippen LogP) is 1.19. The van der Waals surface area contributed by atoms with Crippen LogP contribution in [0, 0.1) is 0 Å². The minimum atomic E-state index is -3.57. The maximum Gasteiger partial charge on any atom is 0.245 e. The lowest BCUT2D eigenvalue weighted by molar-refractivity contribution is 0.173. The third-order valence-electron chi connectivity index (χ3n) is 3.85. The SMILES string of the molecule is COCc1cnc2n1CCN(S(=O)(=O)c1cccnc1)C2C. The van der Waals surface area contributed by atoms with Crippen molar-refractivity contribution in [2.45, 2.75) is 31.0 Å². The quantitative estimate of drug-likeness (QED) is 0.845. The fourth-order valence-corrected chi connectivity index (χ4v) is 4.31. The summed E-state index contributed by atoms with van der Waals surface area (Å²) in [6, 6.07) is 2.86. The Kier molecular flexibility index (Phi) is 3.98. The van der Waals surface area contributed by atoms with Gasteiger partial charge in [-0.1, -0.05) is 0 Å². The van der Waals surface area contributed by atoms with E-state index < -0.39 is 10.0 Å². The number of rotatable bonds is 4. The summed E-state index contributed by atoms with van der Waals surface area (Å²) in [5.74, 6) is 0.741. The molecule has 0 saturated carbocycles. The summed E-state index contributed by atoms with van der Waals surface area (Å²) in [7, 11) is -1.94. The molecular formula is C14H18N4O3S. The third kappa shape index (κ3) is 2.43. The largest absolute Gasteiger partial charge is 0.378 e. The summed E-state index contributed by atoms with van der Waals surface area (Å²) in [5.41, 5.74) is 0.961. The van der Waals surface area contributed by atoms with Crippen molar-refractivity contribution >= 4 is 10.0 Å². The highest BCUT2D eigenvalue weighted by atomic mass is 32.2. The maximum atomic E-state index is 12.8. The zero-order valence-corrected chi connectivity index (χ0v) is 13.3. The summed E-state index contributed by atoms with van der Waals surface area (Å²) in [5, 5.41) is 0. The second-order valence-corrected chi connectivity index (χ2v) is 7.06. The van der Waals surface area contributed by atoms with Crippen molar-refractivity contribution in [1.82, 2.24) is 18.8 Å². The van der Waals surface area contributed by atoms with Gasteiger partial charge in [0.1, 0.15) is 10.7 Å². The predicted molar refractivity (Wildman–Crippen MR) is 79.5 cm³/mol. The van der Waals surface area contributed by atoms with Crippen molar-refractivity contribution in [2.24, 2.45) is 0 Å². The number of ether oxygens (including phenoxy) is 1. The second-order valence-electron chi connectivity index (χ2n) is 5.17. The average Bonchev–Trinajstić information content (AvgIpc) is 2.93. The maximum absolute atomic E-state index is 12.8. The molecule has 1 unspecified atom stereocenters. The molecule has 0 fully saturated rings. The van der Waals surface area contributed by atoms with Crippen LogP contribution >= 0.6 is 0 Å². The van der Waals surface area contributed by atoms with E-state index in [4.69, 9.17) is 4.74 Å². The van der Waals surface area contributed by atoms with Crippen LogP contribution < -0.4 is 0 Å². The molecule has 2 aromatic rings. The van der Waals surface area contributed by atoms with E-state index in [1.165, 1.54) is 10.5 Å². The van der Waals surface area contributed by atoms with Crippen molar-refractivity contribution in [3.63, 3.8) is 0 Å². The molecule has 3 heterocycles. The van der Waals surface area contributed by atoms with Crippen LogP contribution in [0.15, 0.2) is 35.6 Å². The Morgan fingerprint density at radius 3 is 2.86 bits per heavy atom. The Balaban J connectivity index is 1.95. The van der Waals surface area contributed by atoms with Gasteiger partial charge in [0.25, 0.3) is 0 Å². The Morgan fingerprint density at radius 1 is 1.36 bits per heavy atom. The van der Waals surface area contributed by atoms with Crippen LogP contribution in [-0.2, 0) is 27.9 Å². The first-order valence-corrected chi connectivity index (χ1v) is 8.45. The first-order valence-electron chi connectivity index (χ1n) is 7.01. The van der Waals surface area contributed by atoms with E-state index in [1.54, 1.807) is 31.6 Å². The lowest BCUT2D eigenvalue weighted by Gasteiger charge is -2.33. The molecule has 2 aromatic heterocycles. The molecule has 22 heavy (non-hydrogen) atoms. The minimum absolute atomic E-state index is 0.207. The van der Waals surface area contributed by atoms with Gasteiger partial charge < -0.3 is 9.30 Å². The molecule has 0 radical (unpaired) electrons. The van der Waals surface area contributed by atoms with E-state index in [-0.39, 0.29) is 10.9 Å². The van der Waals surface area contributed by atoms with Gasteiger partial charge in [-0.2, -0.15) is 4.31 Å². The number of methoxy groups -OCH3 is 1. The molecule has 0 bridgehead atoms. The molecule has 0 N–H and O–H groups in total. The molecule has 0 aliphatic carbocycles. The van der Waals surface area contributed by atoms with Crippen LogP contribution in [0.4, 0.5) is 0 Å². The first kappa shape index (κ1) is 15.1. The van der Waals surface area contributed by atoms with Crippen LogP contribution in [0.3, 0.4) is 0 Å². The van der Waals surface area contributed by atoms with Gasteiger partial charge in [0.2, 0.25) is 10.0 Å². The summed E-state index contributed by atoms with van der Waals surface area (Å²) in [6.07, 6.45) is 4.68. The number of aromatic nitrogens is 3. The molecule has 0 spiro atoms. The van der Waals surface area contributed by atoms with E-state index in [2.05, 4.69) is 9.97 Å². The van der Waals surface area contributed by atoms with E-state index in [0.29, 0.717) is 19.7 Å². The van der Waals surface area contributed by atoms with Gasteiger partial charge in [0.05, 0.1) is 24.5 Å². The molecule has 118 valence electrons. The average molecular weight is 322 g/mol. The van der Waals surface area contributed by atoms with Gasteiger partial charge in [-0.05, 0) is 19.1 Å². The highest BCUT2D eigenvalue weighted by molar-refractivity contribution is 7.89. The fourth-order valence-electron chi connectivity index (χ4n) is 2.77. The number of fused-ring (bicyclic) bond motifs is 1. The molecule has 1 aliphatic heterocycles. The van der Waals surface area contributed by atoms with Crippen molar-refractivity contribution in [3.05, 3.63) is 42.2 Å². The van der Waals surface area contributed by atoms with Crippen molar-refractivity contribution in [2.75, 3.05) is 13.7 Å². The first-order chi connectivity index (χ1) is 10.6. The number of hydrogen-bond donors (Lipinski definition) is 0. The number of nitrogens with zero attached hydrogens (tertiary/aromatic N) is 4. The van der Waals surface area contributed by atoms with Crippen LogP contribution in [0.2, 0.25) is 0 Å². The Labute approximate surface area is 129 Å². The summed E-state index contributed by atoms with van der Waals surface area (Å²) in [6.45, 7) is 3.29. The van der Waals surface area contributed by atoms with E-state index in [9.17, 15) is 8.42 Å². The lowest BCUT2D eigenvalue weighted by Crippen LogP contribution is -2.41. The summed E-state index contributed by atoms with van der Waals surface area (Å²) < 4.78 is 34.2. The van der Waals surface area contributed by atoms with Gasteiger partial charge in [0.15, 0.2) is 0 Å².